The monoisotopic (exact) mass is 551 g/mol. The third kappa shape index (κ3) is 11.2. The second-order valence-electron chi connectivity index (χ2n) is 10.6. The van der Waals surface area contributed by atoms with Crippen molar-refractivity contribution in [2.45, 2.75) is 86.1 Å². The molecule has 0 aromatic heterocycles. The molecule has 10 heteroatoms. The third-order valence-corrected chi connectivity index (χ3v) is 6.31. The Balaban J connectivity index is 3.36. The molecule has 0 aliphatic carbocycles. The van der Waals surface area contributed by atoms with Crippen molar-refractivity contribution >= 4 is 24.1 Å². The maximum absolute atomic E-state index is 12.8. The Kier molecular flexibility index (Phi) is 14.5. The molecular weight excluding hydrogens is 506 g/mol. The molecule has 0 spiro atoms. The van der Waals surface area contributed by atoms with Gasteiger partial charge in [-0.25, -0.2) is 4.79 Å². The molecule has 1 aromatic rings. The lowest BCUT2D eigenvalue weighted by Gasteiger charge is -2.28. The number of ether oxygens (including phenoxy) is 4. The SMILES string of the molecule is CCCC(C)C(=O)Oc1ccc(C(C(C)COC(=O)OCC(C)C)[C@H](N)C(=O)O)cc1OC(=O)C(C)CCC. The van der Waals surface area contributed by atoms with E-state index >= 15 is 0 Å². The van der Waals surface area contributed by atoms with Gasteiger partial charge in [-0.15, -0.1) is 0 Å². The first-order valence-corrected chi connectivity index (χ1v) is 13.7. The van der Waals surface area contributed by atoms with Crippen LogP contribution in [-0.4, -0.2) is 48.4 Å². The average Bonchev–Trinajstić information content (AvgIpc) is 2.87. The number of carboxylic acid groups (broad SMARTS) is 1. The molecule has 10 nitrogen and oxygen atoms in total. The Bertz CT molecular complexity index is 962. The van der Waals surface area contributed by atoms with Gasteiger partial charge in [0, 0.05) is 5.92 Å². The highest BCUT2D eigenvalue weighted by atomic mass is 16.7. The number of aliphatic carboxylic acids is 1. The van der Waals surface area contributed by atoms with Gasteiger partial charge in [0.1, 0.15) is 6.04 Å². The van der Waals surface area contributed by atoms with E-state index in [1.807, 2.05) is 27.7 Å². The Morgan fingerprint density at radius 1 is 0.821 bits per heavy atom. The summed E-state index contributed by atoms with van der Waals surface area (Å²) in [6.45, 7) is 12.9. The van der Waals surface area contributed by atoms with Gasteiger partial charge < -0.3 is 29.8 Å². The molecule has 5 atom stereocenters. The summed E-state index contributed by atoms with van der Waals surface area (Å²) >= 11 is 0. The van der Waals surface area contributed by atoms with E-state index in [0.717, 1.165) is 12.8 Å². The number of esters is 2. The highest BCUT2D eigenvalue weighted by molar-refractivity contribution is 5.79. The number of hydrogen-bond acceptors (Lipinski definition) is 9. The summed E-state index contributed by atoms with van der Waals surface area (Å²) in [5.74, 6) is -4.22. The minimum atomic E-state index is -1.36. The van der Waals surface area contributed by atoms with Crippen LogP contribution in [-0.2, 0) is 23.9 Å². The molecule has 0 aliphatic rings. The molecular formula is C29H45NO9. The molecule has 0 radical (unpaired) electrons. The number of hydrogen-bond donors (Lipinski definition) is 2. The van der Waals surface area contributed by atoms with Crippen LogP contribution in [0.4, 0.5) is 4.79 Å². The molecule has 0 saturated carbocycles. The van der Waals surface area contributed by atoms with E-state index in [9.17, 15) is 24.3 Å². The van der Waals surface area contributed by atoms with Crippen molar-refractivity contribution < 1.29 is 43.2 Å². The molecule has 1 rings (SSSR count). The normalized spacial score (nSPS) is 15.0. The summed E-state index contributed by atoms with van der Waals surface area (Å²) in [5, 5.41) is 9.70. The first kappa shape index (κ1) is 33.9. The smallest absolute Gasteiger partial charge is 0.480 e. The van der Waals surface area contributed by atoms with Crippen LogP contribution in [0.15, 0.2) is 18.2 Å². The summed E-state index contributed by atoms with van der Waals surface area (Å²) in [6.07, 6.45) is 1.95. The lowest BCUT2D eigenvalue weighted by Crippen LogP contribution is -2.40. The van der Waals surface area contributed by atoms with Gasteiger partial charge in [0.25, 0.3) is 0 Å². The van der Waals surface area contributed by atoms with Crippen LogP contribution in [0, 0.1) is 23.7 Å². The summed E-state index contributed by atoms with van der Waals surface area (Å²) in [5.41, 5.74) is 6.49. The molecule has 220 valence electrons. The van der Waals surface area contributed by atoms with Crippen LogP contribution in [0.2, 0.25) is 0 Å². The number of carbonyl (C=O) groups is 4. The lowest BCUT2D eigenvalue weighted by molar-refractivity contribution is -0.141. The zero-order chi connectivity index (χ0) is 29.7. The largest absolute Gasteiger partial charge is 0.508 e. The zero-order valence-corrected chi connectivity index (χ0v) is 24.2. The molecule has 0 heterocycles. The number of nitrogens with two attached hydrogens (primary N) is 1. The molecule has 4 unspecified atom stereocenters. The Morgan fingerprint density at radius 2 is 1.33 bits per heavy atom. The van der Waals surface area contributed by atoms with Crippen LogP contribution in [0.3, 0.4) is 0 Å². The van der Waals surface area contributed by atoms with E-state index in [0.29, 0.717) is 18.4 Å². The molecule has 1 aromatic carbocycles. The number of carboxylic acids is 1. The molecule has 0 aliphatic heterocycles. The van der Waals surface area contributed by atoms with Crippen molar-refractivity contribution in [2.75, 3.05) is 13.2 Å². The lowest BCUT2D eigenvalue weighted by atomic mass is 9.82. The fourth-order valence-corrected chi connectivity index (χ4v) is 4.04. The van der Waals surface area contributed by atoms with Crippen LogP contribution in [0.1, 0.15) is 85.6 Å². The van der Waals surface area contributed by atoms with Gasteiger partial charge in [-0.05, 0) is 42.4 Å². The van der Waals surface area contributed by atoms with E-state index in [-0.39, 0.29) is 36.5 Å². The fourth-order valence-electron chi connectivity index (χ4n) is 4.04. The molecule has 0 amide bonds. The summed E-state index contributed by atoms with van der Waals surface area (Å²) in [4.78, 5) is 49.2. The van der Waals surface area contributed by atoms with E-state index in [1.54, 1.807) is 26.8 Å². The van der Waals surface area contributed by atoms with Crippen LogP contribution in [0.5, 0.6) is 11.5 Å². The maximum atomic E-state index is 12.8. The van der Waals surface area contributed by atoms with E-state index in [4.69, 9.17) is 24.7 Å². The third-order valence-electron chi connectivity index (χ3n) is 6.31. The standard InChI is InChI=1S/C29H45NO9/c1-8-10-18(5)27(33)38-22-13-12-21(14-23(22)39-28(34)19(6)11-9-2)24(25(30)26(31)32)20(7)16-37-29(35)36-15-17(3)4/h12-14,17-20,24-25H,8-11,15-16,30H2,1-7H3,(H,31,32)/t18?,19?,20?,24?,25-/m0/s1. The summed E-state index contributed by atoms with van der Waals surface area (Å²) in [6, 6.07) is 3.13. The van der Waals surface area contributed by atoms with Crippen molar-refractivity contribution in [1.82, 2.24) is 0 Å². The van der Waals surface area contributed by atoms with Crippen molar-refractivity contribution in [3.8, 4) is 11.5 Å². The number of benzene rings is 1. The quantitative estimate of drug-likeness (QED) is 0.204. The molecule has 0 fully saturated rings. The topological polar surface area (TPSA) is 151 Å². The van der Waals surface area contributed by atoms with Gasteiger partial charge in [-0.2, -0.15) is 0 Å². The summed E-state index contributed by atoms with van der Waals surface area (Å²) < 4.78 is 21.5. The highest BCUT2D eigenvalue weighted by Crippen LogP contribution is 2.36. The predicted octanol–water partition coefficient (Wildman–Crippen LogP) is 5.31. The van der Waals surface area contributed by atoms with Gasteiger partial charge in [0.05, 0.1) is 25.0 Å². The Labute approximate surface area is 231 Å². The van der Waals surface area contributed by atoms with Crippen LogP contribution >= 0.6 is 0 Å². The van der Waals surface area contributed by atoms with Crippen molar-refractivity contribution in [1.29, 1.82) is 0 Å². The molecule has 3 N–H and O–H groups in total. The average molecular weight is 552 g/mol. The van der Waals surface area contributed by atoms with Crippen molar-refractivity contribution in [2.24, 2.45) is 29.4 Å². The highest BCUT2D eigenvalue weighted by Gasteiger charge is 2.33. The van der Waals surface area contributed by atoms with E-state index in [1.165, 1.54) is 12.1 Å². The first-order valence-electron chi connectivity index (χ1n) is 13.7. The fraction of sp³-hybridized carbons (Fsp3) is 0.655. The molecule has 0 saturated heterocycles. The zero-order valence-electron chi connectivity index (χ0n) is 24.2. The van der Waals surface area contributed by atoms with Gasteiger partial charge in [-0.1, -0.05) is 67.4 Å². The van der Waals surface area contributed by atoms with E-state index < -0.39 is 47.9 Å². The van der Waals surface area contributed by atoms with Crippen LogP contribution in [0.25, 0.3) is 0 Å². The minimum Gasteiger partial charge on any atom is -0.480 e. The van der Waals surface area contributed by atoms with Crippen molar-refractivity contribution in [3.63, 3.8) is 0 Å². The summed E-state index contributed by atoms with van der Waals surface area (Å²) in [7, 11) is 0. The maximum Gasteiger partial charge on any atom is 0.508 e. The Morgan fingerprint density at radius 3 is 1.82 bits per heavy atom. The molecule has 39 heavy (non-hydrogen) atoms. The number of rotatable bonds is 16. The second kappa shape index (κ2) is 16.7. The van der Waals surface area contributed by atoms with E-state index in [2.05, 4.69) is 0 Å². The van der Waals surface area contributed by atoms with Crippen LogP contribution < -0.4 is 15.2 Å². The van der Waals surface area contributed by atoms with Crippen molar-refractivity contribution in [3.05, 3.63) is 23.8 Å². The first-order chi connectivity index (χ1) is 18.3. The van der Waals surface area contributed by atoms with Gasteiger partial charge in [-0.3, -0.25) is 14.4 Å². The Hall–Kier alpha value is -3.14. The van der Waals surface area contributed by atoms with Gasteiger partial charge >= 0.3 is 24.1 Å². The van der Waals surface area contributed by atoms with Gasteiger partial charge in [0.2, 0.25) is 0 Å². The number of carbonyl (C=O) groups excluding carboxylic acids is 3. The van der Waals surface area contributed by atoms with Gasteiger partial charge in [0.15, 0.2) is 11.5 Å². The predicted molar refractivity (Wildman–Crippen MR) is 146 cm³/mol. The molecule has 0 bridgehead atoms. The minimum absolute atomic E-state index is 0.00967. The second-order valence-corrected chi connectivity index (χ2v) is 10.6.